The fourth-order valence-electron chi connectivity index (χ4n) is 1.11. The zero-order chi connectivity index (χ0) is 13.7. The second-order valence-corrected chi connectivity index (χ2v) is 4.12. The highest BCUT2D eigenvalue weighted by molar-refractivity contribution is 9.10. The summed E-state index contributed by atoms with van der Waals surface area (Å²) >= 11 is 3.04. The summed E-state index contributed by atoms with van der Waals surface area (Å²) in [6.45, 7) is -0.763. The molecule has 0 aliphatic carbocycles. The molecule has 0 aliphatic rings. The highest BCUT2D eigenvalue weighted by Crippen LogP contribution is 2.24. The van der Waals surface area contributed by atoms with Crippen molar-refractivity contribution >= 4 is 33.6 Å². The van der Waals surface area contributed by atoms with Crippen LogP contribution in [0.25, 0.3) is 0 Å². The van der Waals surface area contributed by atoms with Crippen molar-refractivity contribution in [3.63, 3.8) is 0 Å². The number of hydrogen-bond donors (Lipinski definition) is 4. The van der Waals surface area contributed by atoms with Gasteiger partial charge in [0.2, 0.25) is 0 Å². The Morgan fingerprint density at radius 3 is 2.61 bits per heavy atom. The number of urea groups is 1. The van der Waals surface area contributed by atoms with Crippen LogP contribution in [0.2, 0.25) is 0 Å². The first-order valence-electron chi connectivity index (χ1n) is 4.81. The van der Waals surface area contributed by atoms with Gasteiger partial charge in [-0.05, 0) is 28.1 Å². The lowest BCUT2D eigenvalue weighted by Crippen LogP contribution is -2.45. The van der Waals surface area contributed by atoms with Crippen LogP contribution < -0.4 is 10.6 Å². The normalized spacial score (nSPS) is 11.7. The molecule has 0 bridgehead atoms. The molecule has 6 nitrogen and oxygen atoms in total. The summed E-state index contributed by atoms with van der Waals surface area (Å²) in [5.41, 5.74) is -0.114. The average molecular weight is 321 g/mol. The maximum Gasteiger partial charge on any atom is 0.328 e. The lowest BCUT2D eigenvalue weighted by Gasteiger charge is -2.13. The Kier molecular flexibility index (Phi) is 5.05. The number of aliphatic hydroxyl groups is 1. The zero-order valence-electron chi connectivity index (χ0n) is 8.98. The van der Waals surface area contributed by atoms with Crippen molar-refractivity contribution in [3.05, 3.63) is 28.5 Å². The van der Waals surface area contributed by atoms with Gasteiger partial charge in [0.1, 0.15) is 5.82 Å². The number of para-hydroxylation sites is 1. The summed E-state index contributed by atoms with van der Waals surface area (Å²) in [6.07, 6.45) is 0. The smallest absolute Gasteiger partial charge is 0.328 e. The van der Waals surface area contributed by atoms with E-state index in [0.29, 0.717) is 4.47 Å². The molecule has 0 heterocycles. The van der Waals surface area contributed by atoms with Crippen molar-refractivity contribution in [1.82, 2.24) is 5.32 Å². The van der Waals surface area contributed by atoms with E-state index in [4.69, 9.17) is 10.2 Å². The second kappa shape index (κ2) is 6.31. The largest absolute Gasteiger partial charge is 0.480 e. The van der Waals surface area contributed by atoms with Gasteiger partial charge in [-0.3, -0.25) is 0 Å². The van der Waals surface area contributed by atoms with Gasteiger partial charge in [0, 0.05) is 4.47 Å². The van der Waals surface area contributed by atoms with Gasteiger partial charge in [-0.1, -0.05) is 6.07 Å². The molecule has 18 heavy (non-hydrogen) atoms. The molecule has 0 saturated heterocycles. The van der Waals surface area contributed by atoms with Crippen molar-refractivity contribution in [3.8, 4) is 0 Å². The van der Waals surface area contributed by atoms with Crippen LogP contribution in [-0.2, 0) is 4.79 Å². The molecule has 0 aromatic heterocycles. The van der Waals surface area contributed by atoms with Crippen LogP contribution in [0.15, 0.2) is 22.7 Å². The van der Waals surface area contributed by atoms with E-state index in [-0.39, 0.29) is 5.69 Å². The molecule has 1 aromatic rings. The number of carbonyl (C=O) groups excluding carboxylic acids is 1. The van der Waals surface area contributed by atoms with Gasteiger partial charge in [-0.15, -0.1) is 0 Å². The third-order valence-corrected chi connectivity index (χ3v) is 2.65. The molecule has 1 atom stereocenters. The number of carbonyl (C=O) groups is 2. The molecular weight excluding hydrogens is 311 g/mol. The molecule has 0 aliphatic heterocycles. The van der Waals surface area contributed by atoms with Crippen LogP contribution in [0.1, 0.15) is 0 Å². The monoisotopic (exact) mass is 320 g/mol. The van der Waals surface area contributed by atoms with Gasteiger partial charge in [0.05, 0.1) is 12.3 Å². The SMILES string of the molecule is O=C(Nc1c(F)cccc1Br)NC(CO)C(=O)O. The van der Waals surface area contributed by atoms with Gasteiger partial charge in [-0.25, -0.2) is 14.0 Å². The first-order valence-corrected chi connectivity index (χ1v) is 5.60. The molecule has 8 heteroatoms. The molecule has 4 N–H and O–H groups in total. The fraction of sp³-hybridized carbons (Fsp3) is 0.200. The predicted molar refractivity (Wildman–Crippen MR) is 64.8 cm³/mol. The Morgan fingerprint density at radius 1 is 1.44 bits per heavy atom. The van der Waals surface area contributed by atoms with Gasteiger partial charge < -0.3 is 20.8 Å². The number of aliphatic hydroxyl groups excluding tert-OH is 1. The van der Waals surface area contributed by atoms with Gasteiger partial charge in [-0.2, -0.15) is 0 Å². The number of hydrogen-bond acceptors (Lipinski definition) is 3. The lowest BCUT2D eigenvalue weighted by atomic mass is 10.3. The van der Waals surface area contributed by atoms with Crippen molar-refractivity contribution in [2.75, 3.05) is 11.9 Å². The molecule has 1 unspecified atom stereocenters. The summed E-state index contributed by atoms with van der Waals surface area (Å²) in [5.74, 6) is -2.06. The van der Waals surface area contributed by atoms with E-state index in [1.54, 1.807) is 0 Å². The third kappa shape index (κ3) is 3.67. The minimum absolute atomic E-state index is 0.114. The van der Waals surface area contributed by atoms with Crippen molar-refractivity contribution in [2.24, 2.45) is 0 Å². The average Bonchev–Trinajstić information content (AvgIpc) is 2.30. The first-order chi connectivity index (χ1) is 8.45. The Labute approximate surface area is 110 Å². The molecule has 0 spiro atoms. The Balaban J connectivity index is 2.73. The van der Waals surface area contributed by atoms with Crippen LogP contribution in [0.5, 0.6) is 0 Å². The number of rotatable bonds is 4. The van der Waals surface area contributed by atoms with Crippen LogP contribution >= 0.6 is 15.9 Å². The van der Waals surface area contributed by atoms with Crippen molar-refractivity contribution < 1.29 is 24.2 Å². The number of carboxylic acids is 1. The van der Waals surface area contributed by atoms with Crippen molar-refractivity contribution in [1.29, 1.82) is 0 Å². The topological polar surface area (TPSA) is 98.7 Å². The number of anilines is 1. The minimum atomic E-state index is -1.45. The highest BCUT2D eigenvalue weighted by Gasteiger charge is 2.19. The highest BCUT2D eigenvalue weighted by atomic mass is 79.9. The zero-order valence-corrected chi connectivity index (χ0v) is 10.6. The van der Waals surface area contributed by atoms with Gasteiger partial charge in [0.15, 0.2) is 6.04 Å². The van der Waals surface area contributed by atoms with E-state index < -0.39 is 30.5 Å². The summed E-state index contributed by atoms with van der Waals surface area (Å²) in [7, 11) is 0. The number of amides is 2. The van der Waals surface area contributed by atoms with E-state index in [0.717, 1.165) is 6.07 Å². The van der Waals surface area contributed by atoms with E-state index in [2.05, 4.69) is 21.2 Å². The molecule has 2 amide bonds. The molecule has 1 aromatic carbocycles. The Morgan fingerprint density at radius 2 is 2.11 bits per heavy atom. The van der Waals surface area contributed by atoms with Crippen LogP contribution in [0.4, 0.5) is 14.9 Å². The lowest BCUT2D eigenvalue weighted by molar-refractivity contribution is -0.140. The quantitative estimate of drug-likeness (QED) is 0.669. The van der Waals surface area contributed by atoms with Crippen LogP contribution in [-0.4, -0.2) is 34.9 Å². The molecule has 0 radical (unpaired) electrons. The maximum absolute atomic E-state index is 13.4. The molecular formula is C10H10BrFN2O4. The van der Waals surface area contributed by atoms with Gasteiger partial charge in [0.25, 0.3) is 0 Å². The molecule has 1 rings (SSSR count). The van der Waals surface area contributed by atoms with E-state index in [9.17, 15) is 14.0 Å². The number of carboxylic acid groups (broad SMARTS) is 1. The van der Waals surface area contributed by atoms with Crippen LogP contribution in [0.3, 0.4) is 0 Å². The molecule has 0 saturated carbocycles. The number of benzene rings is 1. The predicted octanol–water partition coefficient (Wildman–Crippen LogP) is 1.16. The molecule has 0 fully saturated rings. The number of aliphatic carboxylic acids is 1. The Bertz CT molecular complexity index is 449. The summed E-state index contributed by atoms with van der Waals surface area (Å²) in [4.78, 5) is 22.0. The summed E-state index contributed by atoms with van der Waals surface area (Å²) < 4.78 is 13.7. The van der Waals surface area contributed by atoms with E-state index in [1.807, 2.05) is 5.32 Å². The molecule has 98 valence electrons. The standard InChI is InChI=1S/C10H10BrFN2O4/c11-5-2-1-3-6(12)8(5)14-10(18)13-7(4-15)9(16)17/h1-3,7,15H,4H2,(H,16,17)(H2,13,14,18). The fourth-order valence-corrected chi connectivity index (χ4v) is 1.55. The maximum atomic E-state index is 13.4. The minimum Gasteiger partial charge on any atom is -0.480 e. The van der Waals surface area contributed by atoms with Crippen molar-refractivity contribution in [2.45, 2.75) is 6.04 Å². The summed E-state index contributed by atoms with van der Waals surface area (Å²) in [6, 6.07) is 1.72. The number of nitrogens with one attached hydrogen (secondary N) is 2. The Hall–Kier alpha value is -1.67. The second-order valence-electron chi connectivity index (χ2n) is 3.27. The van der Waals surface area contributed by atoms with E-state index in [1.165, 1.54) is 12.1 Å². The van der Waals surface area contributed by atoms with Gasteiger partial charge >= 0.3 is 12.0 Å². The number of halogens is 2. The van der Waals surface area contributed by atoms with Crippen LogP contribution in [0, 0.1) is 5.82 Å². The van der Waals surface area contributed by atoms with E-state index >= 15 is 0 Å². The third-order valence-electron chi connectivity index (χ3n) is 1.99. The summed E-state index contributed by atoms with van der Waals surface area (Å²) in [5, 5.41) is 21.5. The first kappa shape index (κ1) is 14.4.